The molecule has 0 aliphatic carbocycles. The lowest BCUT2D eigenvalue weighted by atomic mass is 9.96. The van der Waals surface area contributed by atoms with Crippen LogP contribution in [0.1, 0.15) is 31.1 Å². The number of benzene rings is 1. The third kappa shape index (κ3) is 5.33. The van der Waals surface area contributed by atoms with E-state index in [1.165, 1.54) is 0 Å². The van der Waals surface area contributed by atoms with E-state index in [9.17, 15) is 9.59 Å². The lowest BCUT2D eigenvalue weighted by Crippen LogP contribution is -2.35. The van der Waals surface area contributed by atoms with Crippen LogP contribution in [0.15, 0.2) is 36.9 Å². The fourth-order valence-electron chi connectivity index (χ4n) is 1.84. The van der Waals surface area contributed by atoms with Crippen LogP contribution in [0.2, 0.25) is 0 Å². The van der Waals surface area contributed by atoms with E-state index < -0.39 is 11.6 Å². The molecule has 0 aliphatic heterocycles. The van der Waals surface area contributed by atoms with Gasteiger partial charge in [-0.2, -0.15) is 0 Å². The molecule has 0 radical (unpaired) electrons. The number of carbonyl (C=O) groups is 2. The van der Waals surface area contributed by atoms with Gasteiger partial charge in [0.15, 0.2) is 5.78 Å². The van der Waals surface area contributed by atoms with Crippen molar-refractivity contribution in [2.24, 2.45) is 0 Å². The number of esters is 1. The summed E-state index contributed by atoms with van der Waals surface area (Å²) in [5.41, 5.74) is -0.292. The summed E-state index contributed by atoms with van der Waals surface area (Å²) in [5.74, 6) is 0.0314. The molecule has 0 aliphatic rings. The van der Waals surface area contributed by atoms with Crippen LogP contribution in [0.3, 0.4) is 0 Å². The summed E-state index contributed by atoms with van der Waals surface area (Å²) in [7, 11) is 0. The molecule has 1 aromatic rings. The number of hydrogen-bond donors (Lipinski definition) is 0. The van der Waals surface area contributed by atoms with E-state index in [0.717, 1.165) is 6.08 Å². The Morgan fingerprint density at radius 1 is 1.18 bits per heavy atom. The van der Waals surface area contributed by atoms with Crippen molar-refractivity contribution in [3.63, 3.8) is 0 Å². The summed E-state index contributed by atoms with van der Waals surface area (Å²) in [6.07, 6.45) is 1.10. The maximum Gasteiger partial charge on any atom is 0.330 e. The van der Waals surface area contributed by atoms with Crippen molar-refractivity contribution in [2.75, 3.05) is 19.8 Å². The second-order valence-electron chi connectivity index (χ2n) is 5.02. The molecule has 0 atom stereocenters. The topological polar surface area (TPSA) is 61.8 Å². The minimum atomic E-state index is -0.851. The van der Waals surface area contributed by atoms with Gasteiger partial charge in [-0.05, 0) is 45.0 Å². The molecule has 0 heterocycles. The predicted molar refractivity (Wildman–Crippen MR) is 83.1 cm³/mol. The third-order valence-electron chi connectivity index (χ3n) is 2.93. The van der Waals surface area contributed by atoms with Gasteiger partial charge in [-0.25, -0.2) is 4.79 Å². The maximum absolute atomic E-state index is 12.3. The molecule has 0 amide bonds. The summed E-state index contributed by atoms with van der Waals surface area (Å²) in [6, 6.07) is 6.78. The zero-order valence-corrected chi connectivity index (χ0v) is 13.3. The number of carbonyl (C=O) groups excluding carboxylic acids is 2. The van der Waals surface area contributed by atoms with Crippen molar-refractivity contribution in [1.29, 1.82) is 0 Å². The average Bonchev–Trinajstić information content (AvgIpc) is 2.51. The molecule has 0 bridgehead atoms. The molecule has 0 unspecified atom stereocenters. The third-order valence-corrected chi connectivity index (χ3v) is 2.93. The first kappa shape index (κ1) is 17.9. The first-order chi connectivity index (χ1) is 10.4. The van der Waals surface area contributed by atoms with Gasteiger partial charge in [-0.3, -0.25) is 4.79 Å². The molecule has 0 N–H and O–H groups in total. The van der Waals surface area contributed by atoms with E-state index in [-0.39, 0.29) is 19.0 Å². The van der Waals surface area contributed by atoms with Gasteiger partial charge in [0.25, 0.3) is 0 Å². The summed E-state index contributed by atoms with van der Waals surface area (Å²) in [4.78, 5) is 23.1. The van der Waals surface area contributed by atoms with Crippen molar-refractivity contribution < 1.29 is 23.8 Å². The molecular formula is C17H22O5. The van der Waals surface area contributed by atoms with Gasteiger partial charge in [0.2, 0.25) is 0 Å². The van der Waals surface area contributed by atoms with Crippen LogP contribution in [0.5, 0.6) is 5.75 Å². The number of ketones is 1. The number of rotatable bonds is 9. The van der Waals surface area contributed by atoms with Crippen molar-refractivity contribution >= 4 is 11.8 Å². The Hall–Kier alpha value is -2.14. The quantitative estimate of drug-likeness (QED) is 0.304. The van der Waals surface area contributed by atoms with Crippen molar-refractivity contribution in [3.8, 4) is 5.75 Å². The van der Waals surface area contributed by atoms with Crippen LogP contribution in [0, 0.1) is 0 Å². The molecule has 5 heteroatoms. The van der Waals surface area contributed by atoms with Crippen LogP contribution >= 0.6 is 0 Å². The van der Waals surface area contributed by atoms with E-state index >= 15 is 0 Å². The Morgan fingerprint density at radius 2 is 1.82 bits per heavy atom. The molecule has 0 saturated carbocycles. The highest BCUT2D eigenvalue weighted by Crippen LogP contribution is 2.19. The van der Waals surface area contributed by atoms with Gasteiger partial charge in [-0.1, -0.05) is 6.58 Å². The minimum absolute atomic E-state index is 0.0826. The monoisotopic (exact) mass is 306 g/mol. The molecular weight excluding hydrogens is 284 g/mol. The molecule has 5 nitrogen and oxygen atoms in total. The van der Waals surface area contributed by atoms with Crippen molar-refractivity contribution in [3.05, 3.63) is 42.5 Å². The highest BCUT2D eigenvalue weighted by Gasteiger charge is 2.28. The van der Waals surface area contributed by atoms with Gasteiger partial charge in [0, 0.05) is 18.2 Å². The van der Waals surface area contributed by atoms with E-state index in [4.69, 9.17) is 14.2 Å². The van der Waals surface area contributed by atoms with Gasteiger partial charge in [0.1, 0.15) is 24.6 Å². The highest BCUT2D eigenvalue weighted by molar-refractivity contribution is 6.02. The maximum atomic E-state index is 12.3. The molecule has 0 saturated heterocycles. The molecule has 0 fully saturated rings. The Balaban J connectivity index is 2.54. The zero-order chi connectivity index (χ0) is 16.6. The van der Waals surface area contributed by atoms with Crippen LogP contribution in [0.4, 0.5) is 0 Å². The highest BCUT2D eigenvalue weighted by atomic mass is 16.6. The van der Waals surface area contributed by atoms with Crippen LogP contribution in [-0.2, 0) is 14.3 Å². The Kier molecular flexibility index (Phi) is 6.79. The number of ether oxygens (including phenoxy) is 3. The smallest absolute Gasteiger partial charge is 0.330 e. The summed E-state index contributed by atoms with van der Waals surface area (Å²) in [5, 5.41) is 0. The minimum Gasteiger partial charge on any atom is -0.490 e. The van der Waals surface area contributed by atoms with Gasteiger partial charge >= 0.3 is 5.97 Å². The zero-order valence-electron chi connectivity index (χ0n) is 13.3. The first-order valence-corrected chi connectivity index (χ1v) is 7.11. The molecule has 1 aromatic carbocycles. The van der Waals surface area contributed by atoms with Crippen LogP contribution in [-0.4, -0.2) is 37.2 Å². The average molecular weight is 306 g/mol. The summed E-state index contributed by atoms with van der Waals surface area (Å²) < 4.78 is 15.7. The van der Waals surface area contributed by atoms with E-state index in [1.807, 2.05) is 6.92 Å². The summed E-state index contributed by atoms with van der Waals surface area (Å²) in [6.45, 7) is 9.50. The standard InChI is InChI=1S/C17H22O5/c1-5-15(18)21-12-11-20-14-9-7-13(8-10-14)16(19)17(3,4)22-6-2/h5,7-10H,1,6,11-12H2,2-4H3. The number of Topliss-reactive ketones (excluding diaryl/α,β-unsaturated/α-hetero) is 1. The first-order valence-electron chi connectivity index (χ1n) is 7.11. The largest absolute Gasteiger partial charge is 0.490 e. The van der Waals surface area contributed by atoms with E-state index in [0.29, 0.717) is 17.9 Å². The van der Waals surface area contributed by atoms with E-state index in [2.05, 4.69) is 6.58 Å². The normalized spacial score (nSPS) is 10.9. The molecule has 120 valence electrons. The Labute approximate surface area is 130 Å². The SMILES string of the molecule is C=CC(=O)OCCOc1ccc(C(=O)C(C)(C)OCC)cc1. The second-order valence-corrected chi connectivity index (χ2v) is 5.02. The molecule has 1 rings (SSSR count). The molecule has 0 aromatic heterocycles. The predicted octanol–water partition coefficient (Wildman–Crippen LogP) is 2.79. The molecule has 22 heavy (non-hydrogen) atoms. The van der Waals surface area contributed by atoms with Gasteiger partial charge < -0.3 is 14.2 Å². The Morgan fingerprint density at radius 3 is 2.36 bits per heavy atom. The van der Waals surface area contributed by atoms with Gasteiger partial charge in [-0.15, -0.1) is 0 Å². The lowest BCUT2D eigenvalue weighted by molar-refractivity contribution is -0.138. The lowest BCUT2D eigenvalue weighted by Gasteiger charge is -2.23. The van der Waals surface area contributed by atoms with Crippen molar-refractivity contribution in [2.45, 2.75) is 26.4 Å². The van der Waals surface area contributed by atoms with E-state index in [1.54, 1.807) is 38.1 Å². The van der Waals surface area contributed by atoms with Crippen molar-refractivity contribution in [1.82, 2.24) is 0 Å². The van der Waals surface area contributed by atoms with Gasteiger partial charge in [0.05, 0.1) is 0 Å². The fraction of sp³-hybridized carbons (Fsp3) is 0.412. The van der Waals surface area contributed by atoms with Crippen LogP contribution < -0.4 is 4.74 Å². The molecule has 0 spiro atoms. The fourth-order valence-corrected chi connectivity index (χ4v) is 1.84. The Bertz CT molecular complexity index is 516. The summed E-state index contributed by atoms with van der Waals surface area (Å²) >= 11 is 0. The van der Waals surface area contributed by atoms with Crippen LogP contribution in [0.25, 0.3) is 0 Å². The second kappa shape index (κ2) is 8.34. The number of hydrogen-bond acceptors (Lipinski definition) is 5.